The first kappa shape index (κ1) is 31.7. The molecule has 1 N–H and O–H groups in total. The van der Waals surface area contributed by atoms with Crippen molar-refractivity contribution in [3.63, 3.8) is 0 Å². The lowest BCUT2D eigenvalue weighted by Crippen LogP contribution is -2.47. The third-order valence-electron chi connectivity index (χ3n) is 6.95. The summed E-state index contributed by atoms with van der Waals surface area (Å²) in [4.78, 5) is 25.4. The van der Waals surface area contributed by atoms with E-state index in [1.165, 1.54) is 0 Å². The first-order valence-electron chi connectivity index (χ1n) is 13.8. The number of carbonyl (C=O) groups excluding carboxylic acids is 2. The highest BCUT2D eigenvalue weighted by molar-refractivity contribution is 5.75. The molecule has 8 nitrogen and oxygen atoms in total. The fourth-order valence-electron chi connectivity index (χ4n) is 4.75. The molecular formula is C30H49NO7. The number of carbonyl (C=O) groups is 2. The van der Waals surface area contributed by atoms with Gasteiger partial charge in [-0.3, -0.25) is 4.79 Å². The molecule has 0 aliphatic carbocycles. The molecule has 1 aliphatic rings. The molecule has 1 aromatic rings. The summed E-state index contributed by atoms with van der Waals surface area (Å²) in [5.41, 5.74) is 0.461. The maximum Gasteiger partial charge on any atom is 0.408 e. The number of ether oxygens (including phenoxy) is 5. The van der Waals surface area contributed by atoms with Crippen LogP contribution in [0.5, 0.6) is 11.5 Å². The van der Waals surface area contributed by atoms with Crippen molar-refractivity contribution in [1.29, 1.82) is 0 Å². The molecule has 1 saturated heterocycles. The Morgan fingerprint density at radius 2 is 1.76 bits per heavy atom. The maximum absolute atomic E-state index is 12.8. The molecule has 216 valence electrons. The molecule has 1 fully saturated rings. The Morgan fingerprint density at radius 3 is 2.32 bits per heavy atom. The molecule has 0 spiro atoms. The van der Waals surface area contributed by atoms with Gasteiger partial charge in [-0.25, -0.2) is 4.79 Å². The second-order valence-electron chi connectivity index (χ2n) is 12.0. The Hall–Kier alpha value is -2.48. The molecule has 0 radical (unpaired) electrons. The molecule has 2 rings (SSSR count). The summed E-state index contributed by atoms with van der Waals surface area (Å²) in [5, 5.41) is 3.04. The molecule has 4 atom stereocenters. The van der Waals surface area contributed by atoms with Crippen LogP contribution in [0.2, 0.25) is 0 Å². The molecule has 1 heterocycles. The van der Waals surface area contributed by atoms with E-state index in [0.29, 0.717) is 32.0 Å². The van der Waals surface area contributed by atoms with Crippen molar-refractivity contribution < 1.29 is 33.3 Å². The van der Waals surface area contributed by atoms with Crippen molar-refractivity contribution in [2.24, 2.45) is 23.7 Å². The minimum absolute atomic E-state index is 0.170. The number of hydrogen-bond donors (Lipinski definition) is 1. The van der Waals surface area contributed by atoms with Crippen LogP contribution in [0.3, 0.4) is 0 Å². The molecule has 1 unspecified atom stereocenters. The van der Waals surface area contributed by atoms with E-state index in [2.05, 4.69) is 19.2 Å². The topological polar surface area (TPSA) is 92.3 Å². The third kappa shape index (κ3) is 10.4. The largest absolute Gasteiger partial charge is 0.497 e. The Kier molecular flexibility index (Phi) is 12.2. The molecule has 1 aromatic carbocycles. The lowest BCUT2D eigenvalue weighted by atomic mass is 9.81. The molecule has 0 aromatic heterocycles. The molecule has 0 bridgehead atoms. The molecule has 1 aliphatic heterocycles. The maximum atomic E-state index is 12.8. The first-order valence-corrected chi connectivity index (χ1v) is 13.8. The highest BCUT2D eigenvalue weighted by atomic mass is 16.6. The minimum atomic E-state index is -0.626. The van der Waals surface area contributed by atoms with E-state index in [-0.39, 0.29) is 29.8 Å². The first-order chi connectivity index (χ1) is 17.8. The third-order valence-corrected chi connectivity index (χ3v) is 6.95. The number of rotatable bonds is 14. The second-order valence-corrected chi connectivity index (χ2v) is 12.0. The van der Waals surface area contributed by atoms with Gasteiger partial charge in [-0.15, -0.1) is 0 Å². The summed E-state index contributed by atoms with van der Waals surface area (Å²) in [6.07, 6.45) is 1.88. The van der Waals surface area contributed by atoms with Gasteiger partial charge >= 0.3 is 12.1 Å². The number of benzene rings is 1. The van der Waals surface area contributed by atoms with Crippen LogP contribution in [0.15, 0.2) is 18.2 Å². The molecule has 8 heteroatoms. The Morgan fingerprint density at radius 1 is 1.08 bits per heavy atom. The van der Waals surface area contributed by atoms with Gasteiger partial charge in [-0.05, 0) is 75.5 Å². The zero-order chi connectivity index (χ0) is 28.5. The van der Waals surface area contributed by atoms with Crippen LogP contribution >= 0.6 is 0 Å². The summed E-state index contributed by atoms with van der Waals surface area (Å²) in [5.74, 6) is 1.82. The van der Waals surface area contributed by atoms with Crippen LogP contribution in [0.25, 0.3) is 0 Å². The van der Waals surface area contributed by atoms with Crippen LogP contribution in [-0.2, 0) is 25.4 Å². The molecular weight excluding hydrogens is 486 g/mol. The van der Waals surface area contributed by atoms with Gasteiger partial charge in [0.15, 0.2) is 0 Å². The zero-order valence-corrected chi connectivity index (χ0v) is 24.8. The van der Waals surface area contributed by atoms with E-state index < -0.39 is 17.8 Å². The van der Waals surface area contributed by atoms with Gasteiger partial charge in [-0.2, -0.15) is 0 Å². The zero-order valence-electron chi connectivity index (χ0n) is 24.8. The van der Waals surface area contributed by atoms with E-state index in [0.717, 1.165) is 29.9 Å². The van der Waals surface area contributed by atoms with Crippen LogP contribution in [-0.4, -0.2) is 57.2 Å². The van der Waals surface area contributed by atoms with Gasteiger partial charge in [0.05, 0.1) is 25.7 Å². The Labute approximate surface area is 229 Å². The van der Waals surface area contributed by atoms with Crippen molar-refractivity contribution in [3.8, 4) is 11.5 Å². The predicted octanol–water partition coefficient (Wildman–Crippen LogP) is 5.80. The van der Waals surface area contributed by atoms with E-state index in [1.807, 2.05) is 52.8 Å². The number of nitrogens with one attached hydrogen (secondary N) is 1. The van der Waals surface area contributed by atoms with Gasteiger partial charge in [-0.1, -0.05) is 27.7 Å². The average Bonchev–Trinajstić information content (AvgIpc) is 3.21. The lowest BCUT2D eigenvalue weighted by molar-refractivity contribution is -0.146. The summed E-state index contributed by atoms with van der Waals surface area (Å²) < 4.78 is 28.0. The SMILES string of the molecule is COCCCOc1cc(C[C@@H](C[C@H](NC(=O)OC(C)(C)C)C2C[C@@H](C(C)C)C(=O)O2)C(C)C)cc(OC)c1. The second kappa shape index (κ2) is 14.6. The Bertz CT molecular complexity index is 893. The Balaban J connectivity index is 2.24. The molecule has 1 amide bonds. The van der Waals surface area contributed by atoms with Crippen molar-refractivity contribution in [2.75, 3.05) is 27.4 Å². The molecule has 0 saturated carbocycles. The van der Waals surface area contributed by atoms with Gasteiger partial charge in [0.2, 0.25) is 0 Å². The van der Waals surface area contributed by atoms with Gasteiger partial charge < -0.3 is 29.0 Å². The minimum Gasteiger partial charge on any atom is -0.497 e. The number of cyclic esters (lactones) is 1. The average molecular weight is 536 g/mol. The van der Waals surface area contributed by atoms with Crippen molar-refractivity contribution in [3.05, 3.63) is 23.8 Å². The van der Waals surface area contributed by atoms with E-state index in [4.69, 9.17) is 23.7 Å². The normalized spacial score (nSPS) is 19.3. The predicted molar refractivity (Wildman–Crippen MR) is 148 cm³/mol. The van der Waals surface area contributed by atoms with E-state index >= 15 is 0 Å². The van der Waals surface area contributed by atoms with Gasteiger partial charge in [0, 0.05) is 26.2 Å². The number of esters is 1. The highest BCUT2D eigenvalue weighted by Crippen LogP contribution is 2.34. The highest BCUT2D eigenvalue weighted by Gasteiger charge is 2.42. The fraction of sp³-hybridized carbons (Fsp3) is 0.733. The summed E-state index contributed by atoms with van der Waals surface area (Å²) in [7, 11) is 3.32. The van der Waals surface area contributed by atoms with Crippen LogP contribution in [0, 0.1) is 23.7 Å². The summed E-state index contributed by atoms with van der Waals surface area (Å²) in [6.45, 7) is 15.1. The van der Waals surface area contributed by atoms with Crippen molar-refractivity contribution in [1.82, 2.24) is 5.32 Å². The molecule has 38 heavy (non-hydrogen) atoms. The lowest BCUT2D eigenvalue weighted by Gasteiger charge is -2.31. The monoisotopic (exact) mass is 535 g/mol. The number of amides is 1. The van der Waals surface area contributed by atoms with Crippen molar-refractivity contribution >= 4 is 12.1 Å². The smallest absolute Gasteiger partial charge is 0.408 e. The summed E-state index contributed by atoms with van der Waals surface area (Å²) in [6, 6.07) is 5.60. The number of methoxy groups -OCH3 is 2. The van der Waals surface area contributed by atoms with Gasteiger partial charge in [0.25, 0.3) is 0 Å². The quantitative estimate of drug-likeness (QED) is 0.238. The standard InChI is InChI=1S/C30H49NO7/c1-19(2)22(13-21-14-23(35-9)17-24(15-21)36-12-10-11-34-8)16-26(31-29(33)38-30(5,6)7)27-18-25(20(3)4)28(32)37-27/h14-15,17,19-20,22,25-27H,10-13,16,18H2,1-9H3,(H,31,33)/t22-,25-,26-,27?/m0/s1. The van der Waals surface area contributed by atoms with E-state index in [1.54, 1.807) is 14.2 Å². The fourth-order valence-corrected chi connectivity index (χ4v) is 4.75. The van der Waals surface area contributed by atoms with Crippen LogP contribution in [0.1, 0.15) is 73.3 Å². The van der Waals surface area contributed by atoms with Gasteiger partial charge in [0.1, 0.15) is 23.2 Å². The van der Waals surface area contributed by atoms with Crippen molar-refractivity contribution in [2.45, 2.75) is 91.9 Å². The number of hydrogen-bond acceptors (Lipinski definition) is 7. The van der Waals surface area contributed by atoms with E-state index in [9.17, 15) is 9.59 Å². The summed E-state index contributed by atoms with van der Waals surface area (Å²) >= 11 is 0. The van der Waals surface area contributed by atoms with Crippen LogP contribution < -0.4 is 14.8 Å². The number of alkyl carbamates (subject to hydrolysis) is 1. The van der Waals surface area contributed by atoms with Crippen LogP contribution in [0.4, 0.5) is 4.79 Å².